The molecule has 1 atom stereocenters. The van der Waals surface area contributed by atoms with E-state index in [4.69, 9.17) is 4.74 Å². The molecule has 0 aliphatic rings. The highest BCUT2D eigenvalue weighted by Crippen LogP contribution is 2.36. The molecule has 0 saturated heterocycles. The topological polar surface area (TPSA) is 51.2 Å². The Bertz CT molecular complexity index is 1100. The number of aromatic nitrogens is 1. The highest BCUT2D eigenvalue weighted by atomic mass is 19.4. The fourth-order valence-electron chi connectivity index (χ4n) is 3.25. The van der Waals surface area contributed by atoms with Crippen LogP contribution in [0.15, 0.2) is 67.0 Å². The smallest absolute Gasteiger partial charge is 0.376 e. The number of hydrogen-bond donors (Lipinski definition) is 1. The molecule has 0 saturated carbocycles. The maximum absolute atomic E-state index is 13.3. The van der Waals surface area contributed by atoms with Gasteiger partial charge in [0.25, 0.3) is 5.91 Å². The summed E-state index contributed by atoms with van der Waals surface area (Å²) >= 11 is 0. The zero-order valence-corrected chi connectivity index (χ0v) is 18.0. The lowest BCUT2D eigenvalue weighted by atomic mass is 9.99. The minimum atomic E-state index is -4.97. The Kier molecular flexibility index (Phi) is 8.11. The summed E-state index contributed by atoms with van der Waals surface area (Å²) in [6.45, 7) is -0.688. The summed E-state index contributed by atoms with van der Waals surface area (Å²) < 4.78 is 97.2. The lowest BCUT2D eigenvalue weighted by molar-refractivity contribution is -0.143. The molecule has 35 heavy (non-hydrogen) atoms. The molecule has 0 aliphatic heterocycles. The average Bonchev–Trinajstić information content (AvgIpc) is 2.81. The summed E-state index contributed by atoms with van der Waals surface area (Å²) in [7, 11) is 0. The second-order valence-corrected chi connectivity index (χ2v) is 7.62. The van der Waals surface area contributed by atoms with Crippen molar-refractivity contribution >= 4 is 5.91 Å². The maximum Gasteiger partial charge on any atom is 0.416 e. The fraction of sp³-hybridized carbons (Fsp3) is 0.250. The minimum Gasteiger partial charge on any atom is -0.376 e. The van der Waals surface area contributed by atoms with Crippen LogP contribution < -0.4 is 5.32 Å². The van der Waals surface area contributed by atoms with Crippen LogP contribution in [0.3, 0.4) is 0 Å². The highest BCUT2D eigenvalue weighted by Gasteiger charge is 2.36. The van der Waals surface area contributed by atoms with Crippen LogP contribution in [-0.4, -0.2) is 24.0 Å². The Labute approximate surface area is 195 Å². The van der Waals surface area contributed by atoms with E-state index in [1.807, 2.05) is 0 Å². The first-order valence-electron chi connectivity index (χ1n) is 10.2. The van der Waals surface area contributed by atoms with Gasteiger partial charge in [0.15, 0.2) is 0 Å². The highest BCUT2D eigenvalue weighted by molar-refractivity contribution is 5.93. The molecular formula is C24H19F7N2O2. The van der Waals surface area contributed by atoms with E-state index in [1.54, 1.807) is 0 Å². The third-order valence-corrected chi connectivity index (χ3v) is 5.03. The van der Waals surface area contributed by atoms with Crippen LogP contribution in [0.5, 0.6) is 0 Å². The van der Waals surface area contributed by atoms with Gasteiger partial charge in [0.05, 0.1) is 24.3 Å². The van der Waals surface area contributed by atoms with Gasteiger partial charge in [-0.05, 0) is 53.6 Å². The van der Waals surface area contributed by atoms with E-state index in [0.29, 0.717) is 23.3 Å². The van der Waals surface area contributed by atoms with Gasteiger partial charge >= 0.3 is 12.4 Å². The van der Waals surface area contributed by atoms with E-state index in [1.165, 1.54) is 48.8 Å². The number of nitrogens with zero attached hydrogens (tertiary/aromatic N) is 1. The summed E-state index contributed by atoms with van der Waals surface area (Å²) in [4.78, 5) is 16.2. The third kappa shape index (κ3) is 7.51. The van der Waals surface area contributed by atoms with Gasteiger partial charge in [0.2, 0.25) is 0 Å². The van der Waals surface area contributed by atoms with Crippen molar-refractivity contribution in [2.24, 2.45) is 0 Å². The fourth-order valence-corrected chi connectivity index (χ4v) is 3.25. The predicted molar refractivity (Wildman–Crippen MR) is 112 cm³/mol. The van der Waals surface area contributed by atoms with Gasteiger partial charge in [0.1, 0.15) is 5.82 Å². The molecule has 0 fully saturated rings. The molecule has 1 heterocycles. The Morgan fingerprint density at radius 2 is 1.46 bits per heavy atom. The molecule has 3 rings (SSSR count). The quantitative estimate of drug-likeness (QED) is 0.387. The van der Waals surface area contributed by atoms with Gasteiger partial charge in [-0.25, -0.2) is 4.39 Å². The number of halogens is 7. The maximum atomic E-state index is 13.3. The number of rotatable bonds is 8. The Morgan fingerprint density at radius 1 is 0.886 bits per heavy atom. The van der Waals surface area contributed by atoms with E-state index in [-0.39, 0.29) is 24.8 Å². The number of amides is 1. The third-order valence-electron chi connectivity index (χ3n) is 5.03. The van der Waals surface area contributed by atoms with Crippen molar-refractivity contribution in [1.29, 1.82) is 0 Å². The molecule has 3 aromatic rings. The van der Waals surface area contributed by atoms with Gasteiger partial charge < -0.3 is 10.1 Å². The van der Waals surface area contributed by atoms with Crippen LogP contribution in [0.25, 0.3) is 0 Å². The van der Waals surface area contributed by atoms with Gasteiger partial charge in [-0.2, -0.15) is 26.3 Å². The number of hydrogen-bond acceptors (Lipinski definition) is 3. The number of nitrogens with one attached hydrogen (secondary N) is 1. The van der Waals surface area contributed by atoms with Crippen molar-refractivity contribution < 1.29 is 40.3 Å². The Morgan fingerprint density at radius 3 is 2.00 bits per heavy atom. The van der Waals surface area contributed by atoms with Crippen molar-refractivity contribution in [3.05, 3.63) is 101 Å². The van der Waals surface area contributed by atoms with Gasteiger partial charge in [-0.1, -0.05) is 12.1 Å². The van der Waals surface area contributed by atoms with E-state index in [0.717, 1.165) is 0 Å². The summed E-state index contributed by atoms with van der Waals surface area (Å²) in [5.74, 6) is -1.49. The second kappa shape index (κ2) is 10.9. The lowest BCUT2D eigenvalue weighted by Gasteiger charge is -2.19. The Hall–Kier alpha value is -3.47. The predicted octanol–water partition coefficient (Wildman–Crippen LogP) is 5.99. The van der Waals surface area contributed by atoms with Crippen LogP contribution in [0.1, 0.15) is 38.5 Å². The standard InChI is InChI=1S/C24H19F7N2O2/c25-21-3-1-16(2-4-21)18(12-33-22(34)17-5-7-32-8-6-17)14-35-13-15-9-19(23(26,27)28)11-20(10-15)24(29,30)31/h1-11,18H,12-14H2,(H,33,34). The normalized spacial score (nSPS) is 12.9. The van der Waals surface area contributed by atoms with Gasteiger partial charge in [-0.15, -0.1) is 0 Å². The monoisotopic (exact) mass is 500 g/mol. The number of carbonyl (C=O) groups excluding carboxylic acids is 1. The van der Waals surface area contributed by atoms with Crippen molar-refractivity contribution in [3.8, 4) is 0 Å². The van der Waals surface area contributed by atoms with Crippen molar-refractivity contribution in [3.63, 3.8) is 0 Å². The summed E-state index contributed by atoms with van der Waals surface area (Å²) in [5, 5.41) is 2.68. The molecule has 1 amide bonds. The van der Waals surface area contributed by atoms with E-state index in [9.17, 15) is 35.5 Å². The molecule has 0 aliphatic carbocycles. The summed E-state index contributed by atoms with van der Waals surface area (Å²) in [6, 6.07) is 9.49. The van der Waals surface area contributed by atoms with E-state index in [2.05, 4.69) is 10.3 Å². The molecule has 2 aromatic carbocycles. The largest absolute Gasteiger partial charge is 0.416 e. The molecule has 11 heteroatoms. The molecule has 0 spiro atoms. The summed E-state index contributed by atoms with van der Waals surface area (Å²) in [5.41, 5.74) is -2.30. The zero-order chi connectivity index (χ0) is 25.6. The Balaban J connectivity index is 1.74. The first-order chi connectivity index (χ1) is 16.4. The number of carbonyl (C=O) groups is 1. The van der Waals surface area contributed by atoms with Crippen LogP contribution in [0, 0.1) is 5.82 Å². The lowest BCUT2D eigenvalue weighted by Crippen LogP contribution is -2.30. The molecule has 0 bridgehead atoms. The number of benzene rings is 2. The van der Waals surface area contributed by atoms with Crippen molar-refractivity contribution in [2.75, 3.05) is 13.2 Å². The molecule has 0 radical (unpaired) electrons. The van der Waals surface area contributed by atoms with E-state index >= 15 is 0 Å². The zero-order valence-electron chi connectivity index (χ0n) is 18.0. The molecule has 1 unspecified atom stereocenters. The van der Waals surface area contributed by atoms with Crippen LogP contribution >= 0.6 is 0 Å². The molecule has 186 valence electrons. The van der Waals surface area contributed by atoms with Gasteiger partial charge in [0, 0.05) is 30.4 Å². The SMILES string of the molecule is O=C(NCC(COCc1cc(C(F)(F)F)cc(C(F)(F)F)c1)c1ccc(F)cc1)c1ccncc1. The van der Waals surface area contributed by atoms with Gasteiger partial charge in [-0.3, -0.25) is 9.78 Å². The minimum absolute atomic E-state index is 0.0170. The molecule has 1 N–H and O–H groups in total. The van der Waals surface area contributed by atoms with Crippen molar-refractivity contribution in [2.45, 2.75) is 24.9 Å². The number of ether oxygens (including phenoxy) is 1. The first-order valence-corrected chi connectivity index (χ1v) is 10.2. The second-order valence-electron chi connectivity index (χ2n) is 7.62. The molecular weight excluding hydrogens is 481 g/mol. The van der Waals surface area contributed by atoms with E-state index < -0.39 is 47.7 Å². The van der Waals surface area contributed by atoms with Crippen molar-refractivity contribution in [1.82, 2.24) is 10.3 Å². The number of alkyl halides is 6. The van der Waals surface area contributed by atoms with Crippen LogP contribution in [0.2, 0.25) is 0 Å². The first kappa shape index (κ1) is 26.1. The summed E-state index contributed by atoms with van der Waals surface area (Å²) in [6.07, 6.45) is -7.08. The van der Waals surface area contributed by atoms with Crippen LogP contribution in [0.4, 0.5) is 30.7 Å². The van der Waals surface area contributed by atoms with Crippen LogP contribution in [-0.2, 0) is 23.7 Å². The molecule has 4 nitrogen and oxygen atoms in total. The molecule has 1 aromatic heterocycles. The average molecular weight is 500 g/mol. The number of pyridine rings is 1.